The number of carbonyl (C=O) groups is 2. The van der Waals surface area contributed by atoms with E-state index in [1.54, 1.807) is 37.3 Å². The van der Waals surface area contributed by atoms with E-state index < -0.39 is 15.9 Å². The van der Waals surface area contributed by atoms with Gasteiger partial charge >= 0.3 is 11.9 Å². The van der Waals surface area contributed by atoms with Gasteiger partial charge in [-0.05, 0) is 118 Å². The highest BCUT2D eigenvalue weighted by atomic mass is 32.2. The summed E-state index contributed by atoms with van der Waals surface area (Å²) in [5.74, 6) is -1.18. The first-order valence-corrected chi connectivity index (χ1v) is 18.8. The van der Waals surface area contributed by atoms with Crippen molar-refractivity contribution in [2.45, 2.75) is 52.6 Å². The maximum atomic E-state index is 13.4. The molecule has 3 N–H and O–H groups in total. The summed E-state index contributed by atoms with van der Waals surface area (Å²) in [6, 6.07) is 28.5. The number of H-pyrrole nitrogens is 1. The van der Waals surface area contributed by atoms with Gasteiger partial charge in [-0.3, -0.25) is 9.52 Å². The molecular weight excluding hydrogens is 651 g/mol. The van der Waals surface area contributed by atoms with E-state index in [-0.39, 0.29) is 18.5 Å². The summed E-state index contributed by atoms with van der Waals surface area (Å²) in [4.78, 5) is 29.6. The highest BCUT2D eigenvalue weighted by Gasteiger charge is 2.23. The first kappa shape index (κ1) is 36.4. The lowest BCUT2D eigenvalue weighted by molar-refractivity contribution is -0.147. The minimum atomic E-state index is -3.42. The quantitative estimate of drug-likeness (QED) is 0.0724. The standard InChI is InChI=1S/C40H45N3O6S/c1-5-48-39(44)31-15-18-37-36(25-31)35(38(42-37)32-23-27(2)22-28(3)24-32)19-21-41-20-9-12-34(40(45)49-26-29-10-7-6-8-11-29)30-13-16-33(17-14-30)43-50(4,46)47/h6-8,10-11,13-18,22-25,34,41-43H,5,9,12,19-21,26H2,1-4H3. The molecule has 0 saturated carbocycles. The van der Waals surface area contributed by atoms with Gasteiger partial charge in [0.25, 0.3) is 0 Å². The van der Waals surface area contributed by atoms with Crippen LogP contribution in [0.2, 0.25) is 0 Å². The number of aromatic amines is 1. The number of nitrogens with one attached hydrogen (secondary N) is 3. The normalized spacial score (nSPS) is 12.1. The van der Waals surface area contributed by atoms with Gasteiger partial charge in [0.2, 0.25) is 10.0 Å². The molecular formula is C40H45N3O6S. The molecule has 0 aliphatic heterocycles. The van der Waals surface area contributed by atoms with E-state index in [1.807, 2.05) is 42.5 Å². The lowest BCUT2D eigenvalue weighted by Crippen LogP contribution is -2.21. The topological polar surface area (TPSA) is 127 Å². The molecule has 0 aliphatic carbocycles. The summed E-state index contributed by atoms with van der Waals surface area (Å²) in [7, 11) is -3.42. The summed E-state index contributed by atoms with van der Waals surface area (Å²) in [6.07, 6.45) is 3.07. The van der Waals surface area contributed by atoms with Crippen molar-refractivity contribution in [1.29, 1.82) is 0 Å². The molecule has 0 aliphatic rings. The van der Waals surface area contributed by atoms with Crippen molar-refractivity contribution in [2.24, 2.45) is 0 Å². The smallest absolute Gasteiger partial charge is 0.338 e. The molecule has 0 fully saturated rings. The maximum Gasteiger partial charge on any atom is 0.338 e. The van der Waals surface area contributed by atoms with Gasteiger partial charge in [0, 0.05) is 22.3 Å². The van der Waals surface area contributed by atoms with Crippen LogP contribution in [0.25, 0.3) is 22.2 Å². The number of fused-ring (bicyclic) bond motifs is 1. The Balaban J connectivity index is 1.28. The van der Waals surface area contributed by atoms with Crippen LogP contribution < -0.4 is 10.0 Å². The fourth-order valence-corrected chi connectivity index (χ4v) is 6.80. The van der Waals surface area contributed by atoms with E-state index in [4.69, 9.17) is 9.47 Å². The fraction of sp³-hybridized carbons (Fsp3) is 0.300. The summed E-state index contributed by atoms with van der Waals surface area (Å²) in [6.45, 7) is 7.82. The van der Waals surface area contributed by atoms with Gasteiger partial charge < -0.3 is 19.8 Å². The van der Waals surface area contributed by atoms with Crippen LogP contribution in [0.3, 0.4) is 0 Å². The minimum absolute atomic E-state index is 0.174. The van der Waals surface area contributed by atoms with Crippen molar-refractivity contribution in [3.8, 4) is 11.3 Å². The summed E-state index contributed by atoms with van der Waals surface area (Å²) < 4.78 is 36.8. The summed E-state index contributed by atoms with van der Waals surface area (Å²) in [5, 5.41) is 4.54. The zero-order valence-corrected chi connectivity index (χ0v) is 29.9. The van der Waals surface area contributed by atoms with Crippen molar-refractivity contribution in [3.05, 3.63) is 124 Å². The monoisotopic (exact) mass is 695 g/mol. The average Bonchev–Trinajstić information content (AvgIpc) is 3.44. The molecule has 1 unspecified atom stereocenters. The Kier molecular flexibility index (Phi) is 12.1. The second-order valence-corrected chi connectivity index (χ2v) is 14.4. The number of aryl methyl sites for hydroxylation is 2. The predicted octanol–water partition coefficient (Wildman–Crippen LogP) is 7.44. The third-order valence-electron chi connectivity index (χ3n) is 8.45. The molecule has 0 bridgehead atoms. The first-order chi connectivity index (χ1) is 24.0. The Hall–Kier alpha value is -4.93. The molecule has 0 saturated heterocycles. The Morgan fingerprint density at radius 3 is 2.26 bits per heavy atom. The van der Waals surface area contributed by atoms with Gasteiger partial charge in [0.05, 0.1) is 24.3 Å². The second-order valence-electron chi connectivity index (χ2n) is 12.6. The zero-order valence-electron chi connectivity index (χ0n) is 29.0. The molecule has 5 aromatic rings. The molecule has 50 heavy (non-hydrogen) atoms. The van der Waals surface area contributed by atoms with Crippen molar-refractivity contribution >= 4 is 38.6 Å². The van der Waals surface area contributed by atoms with E-state index in [2.05, 4.69) is 47.1 Å². The molecule has 5 rings (SSSR count). The lowest BCUT2D eigenvalue weighted by atomic mass is 9.94. The Morgan fingerprint density at radius 2 is 1.58 bits per heavy atom. The maximum absolute atomic E-state index is 13.4. The average molecular weight is 696 g/mol. The number of hydrogen-bond donors (Lipinski definition) is 3. The van der Waals surface area contributed by atoms with Crippen molar-refractivity contribution in [3.63, 3.8) is 0 Å². The van der Waals surface area contributed by atoms with Gasteiger partial charge in [-0.25, -0.2) is 13.2 Å². The predicted molar refractivity (Wildman–Crippen MR) is 199 cm³/mol. The minimum Gasteiger partial charge on any atom is -0.462 e. The number of ether oxygens (including phenoxy) is 2. The van der Waals surface area contributed by atoms with Crippen LogP contribution in [0.15, 0.2) is 91.0 Å². The summed E-state index contributed by atoms with van der Waals surface area (Å²) in [5.41, 5.74) is 9.17. The molecule has 0 radical (unpaired) electrons. The first-order valence-electron chi connectivity index (χ1n) is 16.9. The molecule has 9 nitrogen and oxygen atoms in total. The van der Waals surface area contributed by atoms with E-state index in [9.17, 15) is 18.0 Å². The van der Waals surface area contributed by atoms with Crippen LogP contribution in [-0.4, -0.2) is 51.3 Å². The molecule has 1 heterocycles. The number of sulfonamides is 1. The van der Waals surface area contributed by atoms with E-state index >= 15 is 0 Å². The van der Waals surface area contributed by atoms with Gasteiger partial charge in [-0.1, -0.05) is 59.7 Å². The van der Waals surface area contributed by atoms with Crippen LogP contribution in [0.4, 0.5) is 5.69 Å². The zero-order chi connectivity index (χ0) is 35.7. The number of esters is 2. The van der Waals surface area contributed by atoms with Crippen LogP contribution in [0.5, 0.6) is 0 Å². The van der Waals surface area contributed by atoms with E-state index in [0.29, 0.717) is 50.2 Å². The van der Waals surface area contributed by atoms with Gasteiger partial charge in [-0.15, -0.1) is 0 Å². The fourth-order valence-electron chi connectivity index (χ4n) is 6.23. The van der Waals surface area contributed by atoms with E-state index in [1.165, 1.54) is 11.1 Å². The van der Waals surface area contributed by atoms with Crippen LogP contribution in [-0.2, 0) is 37.3 Å². The third kappa shape index (κ3) is 9.83. The van der Waals surface area contributed by atoms with Gasteiger partial charge in [0.15, 0.2) is 0 Å². The van der Waals surface area contributed by atoms with Crippen molar-refractivity contribution in [2.75, 3.05) is 30.7 Å². The number of aromatic nitrogens is 1. The Labute approximate surface area is 294 Å². The number of hydrogen-bond acceptors (Lipinski definition) is 7. The number of rotatable bonds is 16. The van der Waals surface area contributed by atoms with Crippen LogP contribution in [0.1, 0.15) is 63.9 Å². The highest BCUT2D eigenvalue weighted by Crippen LogP contribution is 2.33. The number of carbonyl (C=O) groups excluding carboxylic acids is 2. The highest BCUT2D eigenvalue weighted by molar-refractivity contribution is 7.92. The van der Waals surface area contributed by atoms with Crippen LogP contribution >= 0.6 is 0 Å². The van der Waals surface area contributed by atoms with Gasteiger partial charge in [-0.2, -0.15) is 0 Å². The van der Waals surface area contributed by atoms with Crippen LogP contribution in [0, 0.1) is 13.8 Å². The molecule has 1 atom stereocenters. The molecule has 10 heteroatoms. The van der Waals surface area contributed by atoms with Crippen molar-refractivity contribution in [1.82, 2.24) is 10.3 Å². The number of benzene rings is 4. The molecule has 0 spiro atoms. The number of anilines is 1. The Bertz CT molecular complexity index is 2020. The Morgan fingerprint density at radius 1 is 0.860 bits per heavy atom. The SMILES string of the molecule is CCOC(=O)c1ccc2[nH]c(-c3cc(C)cc(C)c3)c(CCNCCCC(C(=O)OCc3ccccc3)c3ccc(NS(C)(=O)=O)cc3)c2c1. The second kappa shape index (κ2) is 16.7. The molecule has 4 aromatic carbocycles. The third-order valence-corrected chi connectivity index (χ3v) is 9.06. The lowest BCUT2D eigenvalue weighted by Gasteiger charge is -2.17. The molecule has 1 aromatic heterocycles. The van der Waals surface area contributed by atoms with Crippen molar-refractivity contribution < 1.29 is 27.5 Å². The van der Waals surface area contributed by atoms with E-state index in [0.717, 1.165) is 45.1 Å². The molecule has 262 valence electrons. The summed E-state index contributed by atoms with van der Waals surface area (Å²) >= 11 is 0. The largest absolute Gasteiger partial charge is 0.462 e. The molecule has 0 amide bonds. The van der Waals surface area contributed by atoms with Gasteiger partial charge in [0.1, 0.15) is 6.61 Å².